The highest BCUT2D eigenvalue weighted by Gasteiger charge is 2.29. The molecule has 81 heavy (non-hydrogen) atoms. The van der Waals surface area contributed by atoms with Crippen molar-refractivity contribution in [3.05, 3.63) is 0 Å². The van der Waals surface area contributed by atoms with Crippen LogP contribution in [0.25, 0.3) is 0 Å². The first-order valence-electron chi connectivity index (χ1n) is 33.3. The highest BCUT2D eigenvalue weighted by atomic mass is 31.2. The van der Waals surface area contributed by atoms with E-state index >= 15 is 0 Å². The first kappa shape index (κ1) is 79.5. The van der Waals surface area contributed by atoms with Crippen molar-refractivity contribution in [2.45, 2.75) is 347 Å². The quantitative estimate of drug-likeness (QED) is 0.0192. The minimum absolute atomic E-state index is 0.117. The summed E-state index contributed by atoms with van der Waals surface area (Å²) in [6.07, 6.45) is 50.1. The molecule has 0 saturated heterocycles. The van der Waals surface area contributed by atoms with Crippen LogP contribution in [-0.4, -0.2) is 95.9 Å². The Bertz CT molecular complexity index is 1510. The summed E-state index contributed by atoms with van der Waals surface area (Å²) >= 11 is 0. The van der Waals surface area contributed by atoms with Crippen molar-refractivity contribution in [3.8, 4) is 0 Å². The van der Waals surface area contributed by atoms with E-state index in [2.05, 4.69) is 20.8 Å². The lowest BCUT2D eigenvalue weighted by Crippen LogP contribution is -2.30. The highest BCUT2D eigenvalue weighted by Crippen LogP contribution is 2.45. The molecule has 0 radical (unpaired) electrons. The molecule has 16 nitrogen and oxygen atoms in total. The predicted octanol–water partition coefficient (Wildman–Crippen LogP) is 17.8. The molecule has 0 bridgehead atoms. The molecule has 0 amide bonds. The van der Waals surface area contributed by atoms with Crippen molar-refractivity contribution in [3.63, 3.8) is 0 Å². The fraction of sp³-hybridized carbons (Fsp3) is 0.952. The van der Waals surface area contributed by atoms with E-state index in [4.69, 9.17) is 32.3 Å². The van der Waals surface area contributed by atoms with Gasteiger partial charge in [0.1, 0.15) is 25.4 Å². The van der Waals surface area contributed by atoms with Crippen LogP contribution in [0.15, 0.2) is 0 Å². The van der Waals surface area contributed by atoms with Gasteiger partial charge in [0.05, 0.1) is 26.4 Å². The summed E-state index contributed by atoms with van der Waals surface area (Å²) in [6.45, 7) is 2.75. The molecular weight excluding hydrogens is 1070 g/mol. The van der Waals surface area contributed by atoms with Gasteiger partial charge in [-0.2, -0.15) is 0 Å². The second-order valence-electron chi connectivity index (χ2n) is 23.0. The fourth-order valence-electron chi connectivity index (χ4n) is 9.69. The number of unbranched alkanes of at least 4 members (excludes halogenated alkanes) is 42. The molecule has 5 atom stereocenters. The van der Waals surface area contributed by atoms with Crippen molar-refractivity contribution in [1.29, 1.82) is 0 Å². The number of phosphoric acid groups is 2. The Morgan fingerprint density at radius 2 is 0.506 bits per heavy atom. The number of hydrogen-bond acceptors (Lipinski definition) is 14. The SMILES string of the molecule is CCCCCCCCCCCCCCCCCC(=O)OC[C@@H](O)COP(=O)(O)OC[C@H](O)COP(=O)(O)OC[C@@H](COC(=O)CCCCCCCCCCCCCCCCC)OC(=O)CCCCCCCCCCCCCCCCC. The van der Waals surface area contributed by atoms with Crippen molar-refractivity contribution < 1.29 is 75.8 Å². The van der Waals surface area contributed by atoms with Gasteiger partial charge in [0.25, 0.3) is 0 Å². The van der Waals surface area contributed by atoms with Crippen LogP contribution >= 0.6 is 15.6 Å². The molecule has 0 rings (SSSR count). The zero-order valence-electron chi connectivity index (χ0n) is 52.0. The molecule has 18 heteroatoms. The van der Waals surface area contributed by atoms with Gasteiger partial charge in [-0.3, -0.25) is 32.5 Å². The highest BCUT2D eigenvalue weighted by molar-refractivity contribution is 7.47. The van der Waals surface area contributed by atoms with Gasteiger partial charge in [0.2, 0.25) is 0 Å². The number of aliphatic hydroxyl groups is 2. The number of carbonyl (C=O) groups is 3. The maximum absolute atomic E-state index is 12.9. The minimum atomic E-state index is -4.90. The van der Waals surface area contributed by atoms with Crippen LogP contribution in [0.4, 0.5) is 0 Å². The molecule has 4 N–H and O–H groups in total. The average molecular weight is 1200 g/mol. The lowest BCUT2D eigenvalue weighted by atomic mass is 10.0. The number of carbonyl (C=O) groups excluding carboxylic acids is 3. The van der Waals surface area contributed by atoms with Crippen LogP contribution in [-0.2, 0) is 55.8 Å². The van der Waals surface area contributed by atoms with E-state index in [0.717, 1.165) is 57.8 Å². The molecule has 0 aliphatic rings. The minimum Gasteiger partial charge on any atom is -0.463 e. The van der Waals surface area contributed by atoms with Gasteiger partial charge in [-0.05, 0) is 19.3 Å². The molecule has 0 spiro atoms. The van der Waals surface area contributed by atoms with Crippen LogP contribution in [0, 0.1) is 0 Å². The second kappa shape index (κ2) is 58.9. The topological polar surface area (TPSA) is 231 Å². The standard InChI is InChI=1S/C63H124O16P2/c1-4-7-10-13-16-19-22-25-28-31-34-37-40-43-46-49-61(66)73-52-58(64)53-75-80(69,70)76-54-59(65)55-77-81(71,72)78-57-60(79-63(68)51-48-45-42-39-36-33-30-27-24-21-18-15-12-9-6-3)56-74-62(67)50-47-44-41-38-35-32-29-26-23-20-17-14-11-8-5-2/h58-60,64-65H,4-57H2,1-3H3,(H,69,70)(H,71,72)/t58-,59+,60-/m1/s1. The summed E-state index contributed by atoms with van der Waals surface area (Å²) in [6, 6.07) is 0. The predicted molar refractivity (Wildman–Crippen MR) is 326 cm³/mol. The molecular formula is C63H124O16P2. The molecule has 0 aliphatic heterocycles. The van der Waals surface area contributed by atoms with Crippen LogP contribution < -0.4 is 0 Å². The number of rotatable bonds is 65. The molecule has 0 fully saturated rings. The van der Waals surface area contributed by atoms with Gasteiger partial charge in [-0.1, -0.05) is 290 Å². The Morgan fingerprint density at radius 3 is 0.778 bits per heavy atom. The van der Waals surface area contributed by atoms with Crippen LogP contribution in [0.2, 0.25) is 0 Å². The van der Waals surface area contributed by atoms with E-state index in [-0.39, 0.29) is 19.3 Å². The number of hydrogen-bond donors (Lipinski definition) is 4. The van der Waals surface area contributed by atoms with Gasteiger partial charge >= 0.3 is 33.6 Å². The third-order valence-electron chi connectivity index (χ3n) is 14.8. The Morgan fingerprint density at radius 1 is 0.296 bits per heavy atom. The van der Waals surface area contributed by atoms with Crippen LogP contribution in [0.5, 0.6) is 0 Å². The fourth-order valence-corrected chi connectivity index (χ4v) is 11.3. The van der Waals surface area contributed by atoms with Gasteiger partial charge in [0, 0.05) is 19.3 Å². The Labute approximate surface area is 494 Å². The Kier molecular flexibility index (Phi) is 57.9. The molecule has 0 saturated carbocycles. The van der Waals surface area contributed by atoms with Crippen molar-refractivity contribution in [2.24, 2.45) is 0 Å². The van der Waals surface area contributed by atoms with E-state index in [1.165, 1.54) is 212 Å². The monoisotopic (exact) mass is 1200 g/mol. The summed E-state index contributed by atoms with van der Waals surface area (Å²) in [5, 5.41) is 20.5. The van der Waals surface area contributed by atoms with Gasteiger partial charge in [-0.15, -0.1) is 0 Å². The first-order chi connectivity index (χ1) is 39.2. The number of esters is 3. The molecule has 0 aliphatic carbocycles. The third kappa shape index (κ3) is 60.1. The summed E-state index contributed by atoms with van der Waals surface area (Å²) < 4.78 is 60.8. The maximum atomic E-state index is 12.9. The molecule has 2 unspecified atom stereocenters. The van der Waals surface area contributed by atoms with Crippen LogP contribution in [0.1, 0.15) is 329 Å². The van der Waals surface area contributed by atoms with E-state index in [0.29, 0.717) is 19.3 Å². The van der Waals surface area contributed by atoms with Crippen molar-refractivity contribution >= 4 is 33.6 Å². The first-order valence-corrected chi connectivity index (χ1v) is 36.3. The molecule has 0 aromatic rings. The normalized spacial score (nSPS) is 14.3. The van der Waals surface area contributed by atoms with Crippen molar-refractivity contribution in [1.82, 2.24) is 0 Å². The summed E-state index contributed by atoms with van der Waals surface area (Å²) in [4.78, 5) is 58.2. The van der Waals surface area contributed by atoms with E-state index < -0.39 is 91.5 Å². The lowest BCUT2D eigenvalue weighted by Gasteiger charge is -2.21. The van der Waals surface area contributed by atoms with E-state index in [1.807, 2.05) is 0 Å². The average Bonchev–Trinajstić information content (AvgIpc) is 3.45. The molecule has 482 valence electrons. The second-order valence-corrected chi connectivity index (χ2v) is 25.9. The number of aliphatic hydroxyl groups excluding tert-OH is 2. The third-order valence-corrected chi connectivity index (χ3v) is 16.7. The number of phosphoric ester groups is 2. The van der Waals surface area contributed by atoms with Gasteiger partial charge < -0.3 is 34.2 Å². The molecule has 0 heterocycles. The van der Waals surface area contributed by atoms with Crippen LogP contribution in [0.3, 0.4) is 0 Å². The van der Waals surface area contributed by atoms with E-state index in [9.17, 15) is 43.5 Å². The van der Waals surface area contributed by atoms with E-state index in [1.54, 1.807) is 0 Å². The van der Waals surface area contributed by atoms with Gasteiger partial charge in [0.15, 0.2) is 6.10 Å². The largest absolute Gasteiger partial charge is 0.472 e. The zero-order valence-corrected chi connectivity index (χ0v) is 53.8. The van der Waals surface area contributed by atoms with Gasteiger partial charge in [-0.25, -0.2) is 9.13 Å². The number of ether oxygens (including phenoxy) is 3. The summed E-state index contributed by atoms with van der Waals surface area (Å²) in [5.74, 6) is -1.54. The van der Waals surface area contributed by atoms with Crippen molar-refractivity contribution in [2.75, 3.05) is 39.6 Å². The smallest absolute Gasteiger partial charge is 0.463 e. The zero-order chi connectivity index (χ0) is 59.6. The Balaban J connectivity index is 4.64. The Hall–Kier alpha value is -1.45. The maximum Gasteiger partial charge on any atom is 0.472 e. The molecule has 0 aromatic carbocycles. The summed E-state index contributed by atoms with van der Waals surface area (Å²) in [7, 11) is -9.74. The lowest BCUT2D eigenvalue weighted by molar-refractivity contribution is -0.161. The molecule has 0 aromatic heterocycles. The summed E-state index contributed by atoms with van der Waals surface area (Å²) in [5.41, 5.74) is 0.